The van der Waals surface area contributed by atoms with Crippen LogP contribution in [0.1, 0.15) is 32.6 Å². The highest BCUT2D eigenvalue weighted by Gasteiger charge is 2.35. The van der Waals surface area contributed by atoms with Crippen molar-refractivity contribution in [1.82, 2.24) is 4.98 Å². The van der Waals surface area contributed by atoms with Crippen molar-refractivity contribution in [3.8, 4) is 0 Å². The Balaban J connectivity index is 1.72. The molecule has 0 bridgehead atoms. The topological polar surface area (TPSA) is 38.1 Å². The molecule has 1 aromatic carbocycles. The van der Waals surface area contributed by atoms with Gasteiger partial charge in [-0.3, -0.25) is 0 Å². The van der Waals surface area contributed by atoms with Gasteiger partial charge >= 0.3 is 0 Å². The summed E-state index contributed by atoms with van der Waals surface area (Å²) in [7, 11) is 0. The Morgan fingerprint density at radius 1 is 1.35 bits per heavy atom. The lowest BCUT2D eigenvalue weighted by molar-refractivity contribution is 0.144. The number of aromatic nitrogens is 1. The molecule has 90 valence electrons. The third-order valence-corrected chi connectivity index (χ3v) is 4.07. The Morgan fingerprint density at radius 2 is 2.18 bits per heavy atom. The van der Waals surface area contributed by atoms with Crippen LogP contribution in [0.2, 0.25) is 0 Å². The quantitative estimate of drug-likeness (QED) is 0.867. The van der Waals surface area contributed by atoms with E-state index in [1.807, 2.05) is 24.3 Å². The van der Waals surface area contributed by atoms with Crippen LogP contribution in [0.3, 0.4) is 0 Å². The summed E-state index contributed by atoms with van der Waals surface area (Å²) in [5.41, 5.74) is 2.27. The Hall–Kier alpha value is -1.51. The van der Waals surface area contributed by atoms with Crippen molar-refractivity contribution < 1.29 is 4.42 Å². The standard InChI is InChI=1S/C14H18N2O/c1-2-14(8-5-9-14)10-15-13-16-11-6-3-4-7-12(11)17-13/h3-4,6-7H,2,5,8-10H2,1H3,(H,15,16). The molecular weight excluding hydrogens is 212 g/mol. The van der Waals surface area contributed by atoms with E-state index in [1.54, 1.807) is 0 Å². The minimum atomic E-state index is 0.487. The first-order valence-electron chi connectivity index (χ1n) is 6.41. The van der Waals surface area contributed by atoms with Gasteiger partial charge in [0.2, 0.25) is 0 Å². The predicted octanol–water partition coefficient (Wildman–Crippen LogP) is 3.82. The van der Waals surface area contributed by atoms with Crippen LogP contribution in [-0.4, -0.2) is 11.5 Å². The summed E-state index contributed by atoms with van der Waals surface area (Å²) in [5, 5.41) is 3.35. The van der Waals surface area contributed by atoms with Crippen LogP contribution in [0.25, 0.3) is 11.1 Å². The van der Waals surface area contributed by atoms with Crippen molar-refractivity contribution in [3.05, 3.63) is 24.3 Å². The molecule has 1 saturated carbocycles. The number of anilines is 1. The number of oxazole rings is 1. The van der Waals surface area contributed by atoms with Gasteiger partial charge < -0.3 is 9.73 Å². The Kier molecular flexibility index (Phi) is 2.54. The summed E-state index contributed by atoms with van der Waals surface area (Å²) >= 11 is 0. The molecule has 1 N–H and O–H groups in total. The number of fused-ring (bicyclic) bond motifs is 1. The van der Waals surface area contributed by atoms with Gasteiger partial charge in [0.25, 0.3) is 6.01 Å². The monoisotopic (exact) mass is 230 g/mol. The summed E-state index contributed by atoms with van der Waals surface area (Å²) in [6.07, 6.45) is 5.26. The largest absolute Gasteiger partial charge is 0.424 e. The fourth-order valence-electron chi connectivity index (χ4n) is 2.54. The molecule has 3 rings (SSSR count). The average Bonchev–Trinajstić information content (AvgIpc) is 2.71. The lowest BCUT2D eigenvalue weighted by Gasteiger charge is -2.41. The highest BCUT2D eigenvalue weighted by Crippen LogP contribution is 2.43. The summed E-state index contributed by atoms with van der Waals surface area (Å²) in [6, 6.07) is 8.53. The van der Waals surface area contributed by atoms with E-state index in [2.05, 4.69) is 17.2 Å². The minimum Gasteiger partial charge on any atom is -0.424 e. The van der Waals surface area contributed by atoms with Crippen molar-refractivity contribution in [1.29, 1.82) is 0 Å². The molecule has 1 heterocycles. The predicted molar refractivity (Wildman–Crippen MR) is 69.1 cm³/mol. The van der Waals surface area contributed by atoms with Gasteiger partial charge in [-0.1, -0.05) is 25.5 Å². The van der Waals surface area contributed by atoms with Crippen LogP contribution in [-0.2, 0) is 0 Å². The summed E-state index contributed by atoms with van der Waals surface area (Å²) in [6.45, 7) is 3.25. The van der Waals surface area contributed by atoms with Gasteiger partial charge in [0.15, 0.2) is 5.58 Å². The minimum absolute atomic E-state index is 0.487. The van der Waals surface area contributed by atoms with E-state index in [9.17, 15) is 0 Å². The molecule has 2 aromatic rings. The number of para-hydroxylation sites is 2. The van der Waals surface area contributed by atoms with Crippen molar-refractivity contribution in [2.45, 2.75) is 32.6 Å². The van der Waals surface area contributed by atoms with Crippen LogP contribution in [0.5, 0.6) is 0 Å². The van der Waals surface area contributed by atoms with Gasteiger partial charge in [-0.05, 0) is 36.8 Å². The molecule has 0 radical (unpaired) electrons. The molecule has 0 atom stereocenters. The van der Waals surface area contributed by atoms with Crippen LogP contribution in [0.15, 0.2) is 28.7 Å². The summed E-state index contributed by atoms with van der Waals surface area (Å²) < 4.78 is 5.65. The number of hydrogen-bond acceptors (Lipinski definition) is 3. The lowest BCUT2D eigenvalue weighted by Crippen LogP contribution is -2.35. The zero-order valence-electron chi connectivity index (χ0n) is 10.2. The second-order valence-electron chi connectivity index (χ2n) is 5.05. The van der Waals surface area contributed by atoms with Crippen LogP contribution in [0, 0.1) is 5.41 Å². The maximum absolute atomic E-state index is 5.65. The zero-order valence-corrected chi connectivity index (χ0v) is 10.2. The van der Waals surface area contributed by atoms with Crippen molar-refractivity contribution in [3.63, 3.8) is 0 Å². The Labute approximate surface area is 101 Å². The molecule has 0 saturated heterocycles. The number of benzene rings is 1. The van der Waals surface area contributed by atoms with E-state index in [0.717, 1.165) is 17.6 Å². The third-order valence-electron chi connectivity index (χ3n) is 4.07. The van der Waals surface area contributed by atoms with E-state index in [-0.39, 0.29) is 0 Å². The zero-order chi connectivity index (χ0) is 11.7. The van der Waals surface area contributed by atoms with E-state index in [1.165, 1.54) is 25.7 Å². The van der Waals surface area contributed by atoms with Gasteiger partial charge in [0.05, 0.1) is 0 Å². The van der Waals surface area contributed by atoms with Crippen molar-refractivity contribution in [2.75, 3.05) is 11.9 Å². The molecule has 3 heteroatoms. The van der Waals surface area contributed by atoms with Gasteiger partial charge in [0, 0.05) is 6.54 Å². The first kappa shape index (κ1) is 10.6. The molecule has 1 fully saturated rings. The van der Waals surface area contributed by atoms with Gasteiger partial charge in [-0.15, -0.1) is 0 Å². The van der Waals surface area contributed by atoms with Crippen molar-refractivity contribution >= 4 is 17.1 Å². The van der Waals surface area contributed by atoms with E-state index >= 15 is 0 Å². The van der Waals surface area contributed by atoms with Gasteiger partial charge in [-0.2, -0.15) is 4.98 Å². The maximum atomic E-state index is 5.65. The first-order chi connectivity index (χ1) is 8.31. The molecular formula is C14H18N2O. The van der Waals surface area contributed by atoms with E-state index < -0.39 is 0 Å². The number of hydrogen-bond donors (Lipinski definition) is 1. The molecule has 1 aliphatic rings. The fraction of sp³-hybridized carbons (Fsp3) is 0.500. The highest BCUT2D eigenvalue weighted by atomic mass is 16.4. The van der Waals surface area contributed by atoms with Gasteiger partial charge in [0.1, 0.15) is 5.52 Å². The molecule has 1 aliphatic carbocycles. The smallest absolute Gasteiger partial charge is 0.295 e. The van der Waals surface area contributed by atoms with E-state index in [4.69, 9.17) is 4.42 Å². The number of nitrogens with zero attached hydrogens (tertiary/aromatic N) is 1. The van der Waals surface area contributed by atoms with Crippen LogP contribution < -0.4 is 5.32 Å². The summed E-state index contributed by atoms with van der Waals surface area (Å²) in [5.74, 6) is 0. The number of rotatable bonds is 4. The lowest BCUT2D eigenvalue weighted by atomic mass is 9.67. The fourth-order valence-corrected chi connectivity index (χ4v) is 2.54. The summed E-state index contributed by atoms with van der Waals surface area (Å²) in [4.78, 5) is 4.43. The molecule has 1 aromatic heterocycles. The second-order valence-corrected chi connectivity index (χ2v) is 5.05. The third kappa shape index (κ3) is 1.90. The molecule has 0 unspecified atom stereocenters. The molecule has 0 spiro atoms. The van der Waals surface area contributed by atoms with Crippen molar-refractivity contribution in [2.24, 2.45) is 5.41 Å². The molecule has 3 nitrogen and oxygen atoms in total. The normalized spacial score (nSPS) is 17.9. The molecule has 0 aliphatic heterocycles. The number of nitrogens with one attached hydrogen (secondary N) is 1. The molecule has 0 amide bonds. The second kappa shape index (κ2) is 4.06. The SMILES string of the molecule is CCC1(CNc2nc3ccccc3o2)CCC1. The van der Waals surface area contributed by atoms with Crippen LogP contribution in [0.4, 0.5) is 6.01 Å². The maximum Gasteiger partial charge on any atom is 0.295 e. The Morgan fingerprint density at radius 3 is 2.82 bits per heavy atom. The molecule has 17 heavy (non-hydrogen) atoms. The first-order valence-corrected chi connectivity index (χ1v) is 6.41. The highest BCUT2D eigenvalue weighted by molar-refractivity contribution is 5.74. The van der Waals surface area contributed by atoms with Gasteiger partial charge in [-0.25, -0.2) is 0 Å². The van der Waals surface area contributed by atoms with E-state index in [0.29, 0.717) is 11.4 Å². The van der Waals surface area contributed by atoms with Crippen LogP contribution >= 0.6 is 0 Å². The average molecular weight is 230 g/mol. The Bertz CT molecular complexity index is 475.